The lowest BCUT2D eigenvalue weighted by Gasteiger charge is -2.23. The molecule has 1 nitrogen and oxygen atoms in total. The molecule has 1 saturated carbocycles. The largest absolute Gasteiger partial charge is 0.309 e. The summed E-state index contributed by atoms with van der Waals surface area (Å²) in [7, 11) is 0. The highest BCUT2D eigenvalue weighted by molar-refractivity contribution is 5.25. The van der Waals surface area contributed by atoms with Crippen LogP contribution in [0.25, 0.3) is 0 Å². The van der Waals surface area contributed by atoms with Crippen molar-refractivity contribution in [2.75, 3.05) is 6.54 Å². The monoisotopic (exact) mass is 273 g/mol. The Morgan fingerprint density at radius 3 is 2.40 bits per heavy atom. The van der Waals surface area contributed by atoms with Crippen LogP contribution in [0.3, 0.4) is 0 Å². The third-order valence-corrected chi connectivity index (χ3v) is 4.70. The summed E-state index contributed by atoms with van der Waals surface area (Å²) in [6, 6.07) is 9.73. The molecule has 0 bridgehead atoms. The van der Waals surface area contributed by atoms with E-state index >= 15 is 0 Å². The maximum Gasteiger partial charge on any atom is 0.0348 e. The molecule has 0 aliphatic heterocycles. The number of nitrogens with one attached hydrogen (secondary N) is 1. The van der Waals surface area contributed by atoms with E-state index in [4.69, 9.17) is 0 Å². The lowest BCUT2D eigenvalue weighted by atomic mass is 9.96. The third kappa shape index (κ3) is 4.63. The predicted molar refractivity (Wildman–Crippen MR) is 88.0 cm³/mol. The van der Waals surface area contributed by atoms with Crippen molar-refractivity contribution in [2.24, 2.45) is 11.8 Å². The number of aryl methyl sites for hydroxylation is 1. The van der Waals surface area contributed by atoms with Gasteiger partial charge in [-0.1, -0.05) is 62.9 Å². The van der Waals surface area contributed by atoms with Gasteiger partial charge in [-0.25, -0.2) is 0 Å². The van der Waals surface area contributed by atoms with Gasteiger partial charge in [0.25, 0.3) is 0 Å². The Labute approximate surface area is 125 Å². The Morgan fingerprint density at radius 2 is 1.85 bits per heavy atom. The van der Waals surface area contributed by atoms with Gasteiger partial charge in [0.1, 0.15) is 0 Å². The van der Waals surface area contributed by atoms with Crippen molar-refractivity contribution in [3.8, 4) is 0 Å². The highest BCUT2D eigenvalue weighted by Gasteiger charge is 2.32. The molecule has 1 N–H and O–H groups in total. The van der Waals surface area contributed by atoms with Crippen molar-refractivity contribution in [1.82, 2.24) is 5.32 Å². The number of unbranched alkanes of at least 4 members (excludes halogenated alkanes) is 1. The first kappa shape index (κ1) is 15.6. The molecule has 1 fully saturated rings. The second kappa shape index (κ2) is 7.83. The van der Waals surface area contributed by atoms with Crippen LogP contribution in [0, 0.1) is 18.8 Å². The summed E-state index contributed by atoms with van der Waals surface area (Å²) < 4.78 is 0. The normalized spacial score (nSPS) is 17.9. The standard InChI is InChI=1S/C19H31N/c1-4-6-7-16(5-2)14-20-19(18-12-13-18)17-10-8-15(3)9-11-17/h8-11,16,18-20H,4-7,12-14H2,1-3H3. The molecule has 0 aromatic heterocycles. The predicted octanol–water partition coefficient (Wildman–Crippen LogP) is 5.25. The van der Waals surface area contributed by atoms with Crippen LogP contribution in [0.4, 0.5) is 0 Å². The molecule has 112 valence electrons. The zero-order valence-corrected chi connectivity index (χ0v) is 13.5. The van der Waals surface area contributed by atoms with Gasteiger partial charge in [-0.3, -0.25) is 0 Å². The van der Waals surface area contributed by atoms with Gasteiger partial charge in [0.05, 0.1) is 0 Å². The Balaban J connectivity index is 1.90. The third-order valence-electron chi connectivity index (χ3n) is 4.70. The molecule has 0 heterocycles. The van der Waals surface area contributed by atoms with E-state index in [0.717, 1.165) is 11.8 Å². The van der Waals surface area contributed by atoms with E-state index in [-0.39, 0.29) is 0 Å². The van der Waals surface area contributed by atoms with Crippen LogP contribution in [-0.4, -0.2) is 6.54 Å². The van der Waals surface area contributed by atoms with E-state index in [1.54, 1.807) is 0 Å². The molecule has 0 radical (unpaired) electrons. The number of hydrogen-bond acceptors (Lipinski definition) is 1. The maximum atomic E-state index is 3.88. The van der Waals surface area contributed by atoms with Crippen LogP contribution in [0.1, 0.15) is 69.5 Å². The van der Waals surface area contributed by atoms with E-state index in [1.807, 2.05) is 0 Å². The molecule has 1 aromatic carbocycles. The molecular weight excluding hydrogens is 242 g/mol. The van der Waals surface area contributed by atoms with Gasteiger partial charge < -0.3 is 5.32 Å². The van der Waals surface area contributed by atoms with E-state index in [0.29, 0.717) is 6.04 Å². The molecule has 2 rings (SSSR count). The molecule has 1 aliphatic rings. The van der Waals surface area contributed by atoms with Crippen molar-refractivity contribution < 1.29 is 0 Å². The van der Waals surface area contributed by atoms with Gasteiger partial charge in [-0.15, -0.1) is 0 Å². The zero-order valence-electron chi connectivity index (χ0n) is 13.5. The maximum absolute atomic E-state index is 3.88. The lowest BCUT2D eigenvalue weighted by Crippen LogP contribution is -2.28. The van der Waals surface area contributed by atoms with Crippen molar-refractivity contribution in [1.29, 1.82) is 0 Å². The first-order chi connectivity index (χ1) is 9.74. The first-order valence-electron chi connectivity index (χ1n) is 8.54. The quantitative estimate of drug-likeness (QED) is 0.648. The van der Waals surface area contributed by atoms with Crippen molar-refractivity contribution in [2.45, 2.75) is 65.3 Å². The smallest absolute Gasteiger partial charge is 0.0348 e. The Bertz CT molecular complexity index is 377. The van der Waals surface area contributed by atoms with Gasteiger partial charge >= 0.3 is 0 Å². The van der Waals surface area contributed by atoms with Gasteiger partial charge in [0.15, 0.2) is 0 Å². The summed E-state index contributed by atoms with van der Waals surface area (Å²) in [5.41, 5.74) is 2.85. The Kier molecular flexibility index (Phi) is 6.09. The summed E-state index contributed by atoms with van der Waals surface area (Å²) >= 11 is 0. The van der Waals surface area contributed by atoms with Crippen LogP contribution < -0.4 is 5.32 Å². The summed E-state index contributed by atoms with van der Waals surface area (Å²) in [6.07, 6.45) is 8.18. The van der Waals surface area contributed by atoms with E-state index in [2.05, 4.69) is 50.4 Å². The fourth-order valence-electron chi connectivity index (χ4n) is 3.00. The van der Waals surface area contributed by atoms with Crippen molar-refractivity contribution in [3.63, 3.8) is 0 Å². The first-order valence-corrected chi connectivity index (χ1v) is 8.54. The van der Waals surface area contributed by atoms with E-state index in [1.165, 1.54) is 56.2 Å². The minimum absolute atomic E-state index is 0.589. The molecular formula is C19H31N. The highest BCUT2D eigenvalue weighted by Crippen LogP contribution is 2.41. The summed E-state index contributed by atoms with van der Waals surface area (Å²) in [5.74, 6) is 1.73. The van der Waals surface area contributed by atoms with Crippen LogP contribution in [0.5, 0.6) is 0 Å². The minimum atomic E-state index is 0.589. The molecule has 1 heteroatoms. The second-order valence-electron chi connectivity index (χ2n) is 6.55. The summed E-state index contributed by atoms with van der Waals surface area (Å²) in [6.45, 7) is 7.98. The average molecular weight is 273 g/mol. The van der Waals surface area contributed by atoms with Crippen LogP contribution in [-0.2, 0) is 0 Å². The van der Waals surface area contributed by atoms with Crippen molar-refractivity contribution >= 4 is 0 Å². The fraction of sp³-hybridized carbons (Fsp3) is 0.684. The molecule has 0 spiro atoms. The average Bonchev–Trinajstić information content (AvgIpc) is 3.29. The van der Waals surface area contributed by atoms with Gasteiger partial charge in [0.2, 0.25) is 0 Å². The fourth-order valence-corrected chi connectivity index (χ4v) is 3.00. The second-order valence-corrected chi connectivity index (χ2v) is 6.55. The molecule has 0 amide bonds. The van der Waals surface area contributed by atoms with E-state index in [9.17, 15) is 0 Å². The van der Waals surface area contributed by atoms with Gasteiger partial charge in [-0.2, -0.15) is 0 Å². The Morgan fingerprint density at radius 1 is 1.15 bits per heavy atom. The molecule has 1 aromatic rings. The van der Waals surface area contributed by atoms with Gasteiger partial charge in [0, 0.05) is 6.04 Å². The zero-order chi connectivity index (χ0) is 14.4. The van der Waals surface area contributed by atoms with Crippen LogP contribution in [0.15, 0.2) is 24.3 Å². The number of benzene rings is 1. The molecule has 2 atom stereocenters. The number of rotatable bonds is 9. The minimum Gasteiger partial charge on any atom is -0.309 e. The van der Waals surface area contributed by atoms with Crippen LogP contribution in [0.2, 0.25) is 0 Å². The van der Waals surface area contributed by atoms with E-state index < -0.39 is 0 Å². The lowest BCUT2D eigenvalue weighted by molar-refractivity contribution is 0.374. The van der Waals surface area contributed by atoms with Gasteiger partial charge in [-0.05, 0) is 50.1 Å². The molecule has 0 saturated heterocycles. The number of hydrogen-bond donors (Lipinski definition) is 1. The summed E-state index contributed by atoms with van der Waals surface area (Å²) in [5, 5.41) is 3.88. The highest BCUT2D eigenvalue weighted by atomic mass is 14.9. The molecule has 1 aliphatic carbocycles. The van der Waals surface area contributed by atoms with Crippen molar-refractivity contribution in [3.05, 3.63) is 35.4 Å². The Hall–Kier alpha value is -0.820. The van der Waals surface area contributed by atoms with Crippen LogP contribution >= 0.6 is 0 Å². The molecule has 20 heavy (non-hydrogen) atoms. The SMILES string of the molecule is CCCCC(CC)CNC(c1ccc(C)cc1)C1CC1. The topological polar surface area (TPSA) is 12.0 Å². The summed E-state index contributed by atoms with van der Waals surface area (Å²) in [4.78, 5) is 0. The molecule has 2 unspecified atom stereocenters.